The zero-order valence-corrected chi connectivity index (χ0v) is 11.4. The number of Topliss-reactive ketones (excluding diaryl/α,β-unsaturated/α-hetero) is 1. The molecule has 3 heteroatoms. The van der Waals surface area contributed by atoms with E-state index >= 15 is 0 Å². The second kappa shape index (κ2) is 8.23. The molecule has 1 aliphatic heterocycles. The van der Waals surface area contributed by atoms with E-state index in [4.69, 9.17) is 5.26 Å². The van der Waals surface area contributed by atoms with E-state index in [0.717, 1.165) is 0 Å². The Morgan fingerprint density at radius 3 is 2.37 bits per heavy atom. The maximum atomic E-state index is 11.0. The fourth-order valence-corrected chi connectivity index (χ4v) is 1.73. The number of nitriles is 1. The number of carbonyl (C=O) groups is 1. The number of rotatable bonds is 2. The first-order valence-corrected chi connectivity index (χ1v) is 6.44. The van der Waals surface area contributed by atoms with E-state index in [1.165, 1.54) is 31.5 Å². The first-order chi connectivity index (χ1) is 9.13. The molecule has 0 radical (unpaired) electrons. The van der Waals surface area contributed by atoms with Gasteiger partial charge in [-0.2, -0.15) is 5.26 Å². The van der Waals surface area contributed by atoms with Gasteiger partial charge in [0.15, 0.2) is 5.78 Å². The topological polar surface area (TPSA) is 44.1 Å². The fraction of sp³-hybridized carbons (Fsp3) is 0.375. The van der Waals surface area contributed by atoms with Gasteiger partial charge < -0.3 is 4.90 Å². The monoisotopic (exact) mass is 256 g/mol. The van der Waals surface area contributed by atoms with Crippen LogP contribution in [0.15, 0.2) is 42.5 Å². The van der Waals surface area contributed by atoms with Crippen LogP contribution >= 0.6 is 0 Å². The Hall–Kier alpha value is -1.92. The van der Waals surface area contributed by atoms with Crippen molar-refractivity contribution in [1.82, 2.24) is 4.90 Å². The molecule has 0 amide bonds. The second-order valence-electron chi connectivity index (χ2n) is 4.68. The molecule has 0 atom stereocenters. The number of carbonyl (C=O) groups excluding carboxylic acids is 1. The van der Waals surface area contributed by atoms with Crippen LogP contribution in [0, 0.1) is 11.3 Å². The molecule has 0 unspecified atom stereocenters. The van der Waals surface area contributed by atoms with Gasteiger partial charge in [-0.15, -0.1) is 0 Å². The molecule has 0 saturated carbocycles. The normalized spacial score (nSPS) is 15.1. The minimum Gasteiger partial charge on any atom is -0.306 e. The Balaban J connectivity index is 0.000000200. The number of nitrogens with zero attached hydrogens (tertiary/aromatic N) is 2. The van der Waals surface area contributed by atoms with Crippen LogP contribution in [0.1, 0.15) is 29.6 Å². The minimum absolute atomic E-state index is 0.0377. The maximum Gasteiger partial charge on any atom is 0.176 e. The van der Waals surface area contributed by atoms with Crippen LogP contribution in [0.25, 0.3) is 0 Å². The van der Waals surface area contributed by atoms with Gasteiger partial charge in [-0.05, 0) is 19.9 Å². The van der Waals surface area contributed by atoms with Crippen molar-refractivity contribution in [1.29, 1.82) is 5.26 Å². The van der Waals surface area contributed by atoms with Gasteiger partial charge in [0.1, 0.15) is 0 Å². The van der Waals surface area contributed by atoms with Crippen molar-refractivity contribution in [2.24, 2.45) is 0 Å². The number of hydrogen-bond acceptors (Lipinski definition) is 3. The van der Waals surface area contributed by atoms with Crippen molar-refractivity contribution in [3.05, 3.63) is 48.0 Å². The SMILES string of the molecule is C=C1CCN(C)CC1.N#CCC(=O)c1ccccc1. The summed E-state index contributed by atoms with van der Waals surface area (Å²) in [6.45, 7) is 6.34. The van der Waals surface area contributed by atoms with Crippen molar-refractivity contribution in [3.8, 4) is 6.07 Å². The van der Waals surface area contributed by atoms with Crippen LogP contribution in [0.2, 0.25) is 0 Å². The zero-order valence-electron chi connectivity index (χ0n) is 11.4. The second-order valence-corrected chi connectivity index (χ2v) is 4.68. The van der Waals surface area contributed by atoms with Gasteiger partial charge in [-0.3, -0.25) is 4.79 Å². The molecule has 0 spiro atoms. The molecule has 1 aromatic carbocycles. The zero-order chi connectivity index (χ0) is 14.1. The number of hydrogen-bond donors (Lipinski definition) is 0. The summed E-state index contributed by atoms with van der Waals surface area (Å²) in [6.07, 6.45) is 2.37. The lowest BCUT2D eigenvalue weighted by atomic mass is 10.1. The van der Waals surface area contributed by atoms with Gasteiger partial charge in [-0.25, -0.2) is 0 Å². The molecule has 0 N–H and O–H groups in total. The highest BCUT2D eigenvalue weighted by atomic mass is 16.1. The Kier molecular flexibility index (Phi) is 6.56. The Morgan fingerprint density at radius 2 is 1.89 bits per heavy atom. The van der Waals surface area contributed by atoms with Crippen LogP contribution in [0.5, 0.6) is 0 Å². The van der Waals surface area contributed by atoms with Crippen LogP contribution in [0.3, 0.4) is 0 Å². The van der Waals surface area contributed by atoms with Crippen molar-refractivity contribution >= 4 is 5.78 Å². The highest BCUT2D eigenvalue weighted by Crippen LogP contribution is 2.11. The van der Waals surface area contributed by atoms with Crippen molar-refractivity contribution in [3.63, 3.8) is 0 Å². The average Bonchev–Trinajstić information content (AvgIpc) is 2.44. The summed E-state index contributed by atoms with van der Waals surface area (Å²) in [7, 11) is 2.16. The van der Waals surface area contributed by atoms with Crippen molar-refractivity contribution in [2.45, 2.75) is 19.3 Å². The summed E-state index contributed by atoms with van der Waals surface area (Å²) >= 11 is 0. The van der Waals surface area contributed by atoms with E-state index in [9.17, 15) is 4.79 Å². The lowest BCUT2D eigenvalue weighted by Crippen LogP contribution is -2.25. The molecule has 1 fully saturated rings. The lowest BCUT2D eigenvalue weighted by Gasteiger charge is -2.22. The summed E-state index contributed by atoms with van der Waals surface area (Å²) in [4.78, 5) is 13.4. The van der Waals surface area contributed by atoms with E-state index in [-0.39, 0.29) is 12.2 Å². The summed E-state index contributed by atoms with van der Waals surface area (Å²) in [5.74, 6) is -0.117. The minimum atomic E-state index is -0.117. The predicted molar refractivity (Wildman–Crippen MR) is 76.9 cm³/mol. The van der Waals surface area contributed by atoms with Gasteiger partial charge in [0, 0.05) is 18.7 Å². The van der Waals surface area contributed by atoms with Crippen LogP contribution in [-0.4, -0.2) is 30.8 Å². The third-order valence-electron chi connectivity index (χ3n) is 3.03. The van der Waals surface area contributed by atoms with E-state index in [0.29, 0.717) is 5.56 Å². The first kappa shape index (κ1) is 15.1. The summed E-state index contributed by atoms with van der Waals surface area (Å²) < 4.78 is 0. The molecule has 1 heterocycles. The number of piperidine rings is 1. The molecule has 0 aliphatic carbocycles. The quantitative estimate of drug-likeness (QED) is 0.603. The molecule has 3 nitrogen and oxygen atoms in total. The largest absolute Gasteiger partial charge is 0.306 e. The molecule has 0 aromatic heterocycles. The average molecular weight is 256 g/mol. The van der Waals surface area contributed by atoms with Gasteiger partial charge in [0.25, 0.3) is 0 Å². The van der Waals surface area contributed by atoms with Crippen molar-refractivity contribution in [2.75, 3.05) is 20.1 Å². The van der Waals surface area contributed by atoms with Crippen LogP contribution in [-0.2, 0) is 0 Å². The number of benzene rings is 1. The molecule has 0 bridgehead atoms. The molecular formula is C16H20N2O. The Labute approximate surface area is 115 Å². The summed E-state index contributed by atoms with van der Waals surface area (Å²) in [6, 6.07) is 10.6. The molecular weight excluding hydrogens is 236 g/mol. The molecule has 1 aromatic rings. The Bertz CT molecular complexity index is 449. The lowest BCUT2D eigenvalue weighted by molar-refractivity contribution is 0.0997. The molecule has 100 valence electrons. The van der Waals surface area contributed by atoms with E-state index in [2.05, 4.69) is 18.5 Å². The van der Waals surface area contributed by atoms with Gasteiger partial charge >= 0.3 is 0 Å². The third kappa shape index (κ3) is 5.98. The first-order valence-electron chi connectivity index (χ1n) is 6.44. The van der Waals surface area contributed by atoms with Crippen LogP contribution in [0.4, 0.5) is 0 Å². The molecule has 19 heavy (non-hydrogen) atoms. The Morgan fingerprint density at radius 1 is 1.32 bits per heavy atom. The summed E-state index contributed by atoms with van der Waals surface area (Å²) in [5, 5.41) is 8.23. The highest BCUT2D eigenvalue weighted by molar-refractivity contribution is 5.97. The van der Waals surface area contributed by atoms with Gasteiger partial charge in [0.2, 0.25) is 0 Å². The smallest absolute Gasteiger partial charge is 0.176 e. The fourth-order valence-electron chi connectivity index (χ4n) is 1.73. The third-order valence-corrected chi connectivity index (χ3v) is 3.03. The highest BCUT2D eigenvalue weighted by Gasteiger charge is 2.06. The van der Waals surface area contributed by atoms with Gasteiger partial charge in [-0.1, -0.05) is 42.5 Å². The summed E-state index contributed by atoms with van der Waals surface area (Å²) in [5.41, 5.74) is 2.03. The van der Waals surface area contributed by atoms with Crippen molar-refractivity contribution < 1.29 is 4.79 Å². The number of ketones is 1. The van der Waals surface area contributed by atoms with E-state index in [1.54, 1.807) is 24.3 Å². The molecule has 1 aliphatic rings. The van der Waals surface area contributed by atoms with E-state index < -0.39 is 0 Å². The van der Waals surface area contributed by atoms with Gasteiger partial charge in [0.05, 0.1) is 12.5 Å². The molecule has 1 saturated heterocycles. The maximum absolute atomic E-state index is 11.0. The predicted octanol–water partition coefficient (Wildman–Crippen LogP) is 3.05. The van der Waals surface area contributed by atoms with Crippen LogP contribution < -0.4 is 0 Å². The van der Waals surface area contributed by atoms with E-state index in [1.807, 2.05) is 12.1 Å². The molecule has 2 rings (SSSR count). The number of likely N-dealkylation sites (tertiary alicyclic amines) is 1. The standard InChI is InChI=1S/C9H7NO.C7H13N/c10-7-6-9(11)8-4-2-1-3-5-8;1-7-3-5-8(2)6-4-7/h1-5H,6H2;1,3-6H2,2H3.